The molecule has 1 aliphatic heterocycles. The van der Waals surface area contributed by atoms with Crippen molar-refractivity contribution in [3.8, 4) is 6.01 Å². The van der Waals surface area contributed by atoms with Crippen LogP contribution in [0.2, 0.25) is 0 Å². The number of carbonyl (C=O) groups excluding carboxylic acids is 1. The summed E-state index contributed by atoms with van der Waals surface area (Å²) < 4.78 is 5.21. The van der Waals surface area contributed by atoms with E-state index in [4.69, 9.17) is 4.74 Å². The summed E-state index contributed by atoms with van der Waals surface area (Å²) in [5, 5.41) is 6.19. The molecule has 19 heavy (non-hydrogen) atoms. The van der Waals surface area contributed by atoms with Gasteiger partial charge in [0.1, 0.15) is 0 Å². The van der Waals surface area contributed by atoms with Crippen LogP contribution in [0, 0.1) is 12.8 Å². The lowest BCUT2D eigenvalue weighted by atomic mass is 10.00. The van der Waals surface area contributed by atoms with E-state index in [0.29, 0.717) is 12.5 Å². The second-order valence-corrected chi connectivity index (χ2v) is 4.85. The molecule has 6 heteroatoms. The number of aryl methyl sites for hydroxylation is 1. The first-order valence-corrected chi connectivity index (χ1v) is 6.63. The van der Waals surface area contributed by atoms with Gasteiger partial charge in [0.05, 0.1) is 0 Å². The molecule has 2 N–H and O–H groups in total. The molecule has 0 radical (unpaired) electrons. The Hall–Kier alpha value is -1.69. The van der Waals surface area contributed by atoms with Gasteiger partial charge in [-0.05, 0) is 44.3 Å². The monoisotopic (exact) mass is 264 g/mol. The summed E-state index contributed by atoms with van der Waals surface area (Å²) in [6.45, 7) is 4.61. The van der Waals surface area contributed by atoms with Crippen LogP contribution in [0.5, 0.6) is 6.01 Å². The Bertz CT molecular complexity index is 402. The van der Waals surface area contributed by atoms with Gasteiger partial charge in [0, 0.05) is 18.9 Å². The van der Waals surface area contributed by atoms with Crippen LogP contribution in [-0.2, 0) is 4.79 Å². The van der Waals surface area contributed by atoms with E-state index in [-0.39, 0.29) is 18.5 Å². The summed E-state index contributed by atoms with van der Waals surface area (Å²) in [6.07, 6.45) is 5.66. The molecule has 1 saturated heterocycles. The molecule has 1 aromatic heterocycles. The van der Waals surface area contributed by atoms with Crippen LogP contribution in [0.15, 0.2) is 12.4 Å². The highest BCUT2D eigenvalue weighted by Gasteiger charge is 2.14. The predicted molar refractivity (Wildman–Crippen MR) is 70.9 cm³/mol. The number of piperidine rings is 1. The van der Waals surface area contributed by atoms with Crippen LogP contribution in [0.1, 0.15) is 18.4 Å². The molecule has 0 bridgehead atoms. The minimum Gasteiger partial charge on any atom is -0.453 e. The zero-order chi connectivity index (χ0) is 13.5. The first kappa shape index (κ1) is 13.7. The molecule has 0 aromatic carbocycles. The van der Waals surface area contributed by atoms with Crippen molar-refractivity contribution in [2.75, 3.05) is 26.2 Å². The molecule has 104 valence electrons. The van der Waals surface area contributed by atoms with Crippen LogP contribution in [0.3, 0.4) is 0 Å². The fourth-order valence-corrected chi connectivity index (χ4v) is 1.99. The quantitative estimate of drug-likeness (QED) is 0.799. The van der Waals surface area contributed by atoms with Gasteiger partial charge in [-0.1, -0.05) is 0 Å². The third-order valence-electron chi connectivity index (χ3n) is 3.08. The van der Waals surface area contributed by atoms with Gasteiger partial charge in [-0.25, -0.2) is 9.97 Å². The van der Waals surface area contributed by atoms with E-state index in [0.717, 1.165) is 25.1 Å². The Labute approximate surface area is 113 Å². The Kier molecular flexibility index (Phi) is 5.09. The standard InChI is InChI=1S/C13H20N4O2/c1-10-5-16-13(17-6-10)19-9-12(18)15-8-11-3-2-4-14-7-11/h5-6,11,14H,2-4,7-9H2,1H3,(H,15,18). The third kappa shape index (κ3) is 4.82. The molecule has 1 fully saturated rings. The number of aromatic nitrogens is 2. The van der Waals surface area contributed by atoms with E-state index in [9.17, 15) is 4.79 Å². The van der Waals surface area contributed by atoms with Crippen molar-refractivity contribution in [3.63, 3.8) is 0 Å². The van der Waals surface area contributed by atoms with Gasteiger partial charge in [0.15, 0.2) is 6.61 Å². The largest absolute Gasteiger partial charge is 0.453 e. The van der Waals surface area contributed by atoms with E-state index in [1.807, 2.05) is 6.92 Å². The number of ether oxygens (including phenoxy) is 1. The van der Waals surface area contributed by atoms with E-state index < -0.39 is 0 Å². The Balaban J connectivity index is 1.65. The SMILES string of the molecule is Cc1cnc(OCC(=O)NCC2CCCNC2)nc1. The number of nitrogens with one attached hydrogen (secondary N) is 2. The summed E-state index contributed by atoms with van der Waals surface area (Å²) in [6, 6.07) is 0.236. The lowest BCUT2D eigenvalue weighted by molar-refractivity contribution is -0.123. The van der Waals surface area contributed by atoms with Crippen LogP contribution < -0.4 is 15.4 Å². The van der Waals surface area contributed by atoms with Crippen molar-refractivity contribution in [1.82, 2.24) is 20.6 Å². The number of hydrogen-bond donors (Lipinski definition) is 2. The molecule has 0 spiro atoms. The van der Waals surface area contributed by atoms with E-state index in [1.165, 1.54) is 6.42 Å². The van der Waals surface area contributed by atoms with Crippen LogP contribution in [0.25, 0.3) is 0 Å². The molecule has 2 rings (SSSR count). The summed E-state index contributed by atoms with van der Waals surface area (Å²) in [7, 11) is 0. The van der Waals surface area contributed by atoms with Crippen LogP contribution in [0.4, 0.5) is 0 Å². The Morgan fingerprint density at radius 2 is 2.32 bits per heavy atom. The van der Waals surface area contributed by atoms with Crippen LogP contribution in [-0.4, -0.2) is 42.1 Å². The maximum Gasteiger partial charge on any atom is 0.316 e. The predicted octanol–water partition coefficient (Wildman–Crippen LogP) is 0.280. The topological polar surface area (TPSA) is 76.1 Å². The minimum atomic E-state index is -0.130. The van der Waals surface area contributed by atoms with E-state index in [2.05, 4.69) is 20.6 Å². The lowest BCUT2D eigenvalue weighted by Crippen LogP contribution is -2.39. The summed E-state index contributed by atoms with van der Waals surface area (Å²) >= 11 is 0. The number of nitrogens with zero attached hydrogens (tertiary/aromatic N) is 2. The normalized spacial score (nSPS) is 18.9. The number of rotatable bonds is 5. The van der Waals surface area contributed by atoms with Crippen molar-refractivity contribution < 1.29 is 9.53 Å². The zero-order valence-electron chi connectivity index (χ0n) is 11.2. The molecule has 1 atom stereocenters. The number of carbonyl (C=O) groups is 1. The summed E-state index contributed by atoms with van der Waals surface area (Å²) in [5.41, 5.74) is 0.960. The van der Waals surface area contributed by atoms with Gasteiger partial charge < -0.3 is 15.4 Å². The fourth-order valence-electron chi connectivity index (χ4n) is 1.99. The molecular formula is C13H20N4O2. The van der Waals surface area contributed by atoms with Crippen LogP contribution >= 0.6 is 0 Å². The highest BCUT2D eigenvalue weighted by atomic mass is 16.5. The number of amides is 1. The summed E-state index contributed by atoms with van der Waals surface area (Å²) in [5.74, 6) is 0.392. The second-order valence-electron chi connectivity index (χ2n) is 4.85. The summed E-state index contributed by atoms with van der Waals surface area (Å²) in [4.78, 5) is 19.6. The van der Waals surface area contributed by atoms with Gasteiger partial charge >= 0.3 is 6.01 Å². The molecule has 1 amide bonds. The molecule has 2 heterocycles. The van der Waals surface area contributed by atoms with Crippen molar-refractivity contribution in [2.24, 2.45) is 5.92 Å². The second kappa shape index (κ2) is 7.04. The van der Waals surface area contributed by atoms with Gasteiger partial charge in [-0.3, -0.25) is 4.79 Å². The van der Waals surface area contributed by atoms with Gasteiger partial charge in [-0.2, -0.15) is 0 Å². The van der Waals surface area contributed by atoms with Crippen molar-refractivity contribution in [3.05, 3.63) is 18.0 Å². The molecule has 1 aromatic rings. The first-order valence-electron chi connectivity index (χ1n) is 6.63. The van der Waals surface area contributed by atoms with E-state index in [1.54, 1.807) is 12.4 Å². The lowest BCUT2D eigenvalue weighted by Gasteiger charge is -2.22. The van der Waals surface area contributed by atoms with Crippen molar-refractivity contribution in [1.29, 1.82) is 0 Å². The fraction of sp³-hybridized carbons (Fsp3) is 0.615. The number of hydrogen-bond acceptors (Lipinski definition) is 5. The molecule has 1 unspecified atom stereocenters. The Morgan fingerprint density at radius 1 is 1.53 bits per heavy atom. The van der Waals surface area contributed by atoms with Gasteiger partial charge in [0.25, 0.3) is 5.91 Å². The third-order valence-corrected chi connectivity index (χ3v) is 3.08. The first-order chi connectivity index (χ1) is 9.24. The maximum atomic E-state index is 11.6. The Morgan fingerprint density at radius 3 is 3.00 bits per heavy atom. The molecular weight excluding hydrogens is 244 g/mol. The smallest absolute Gasteiger partial charge is 0.316 e. The van der Waals surface area contributed by atoms with E-state index >= 15 is 0 Å². The highest BCUT2D eigenvalue weighted by Crippen LogP contribution is 2.08. The average molecular weight is 264 g/mol. The van der Waals surface area contributed by atoms with Crippen molar-refractivity contribution in [2.45, 2.75) is 19.8 Å². The van der Waals surface area contributed by atoms with Gasteiger partial charge in [0.2, 0.25) is 0 Å². The molecule has 1 aliphatic rings. The molecule has 0 saturated carbocycles. The molecule has 6 nitrogen and oxygen atoms in total. The maximum absolute atomic E-state index is 11.6. The van der Waals surface area contributed by atoms with Gasteiger partial charge in [-0.15, -0.1) is 0 Å². The zero-order valence-corrected chi connectivity index (χ0v) is 11.2. The van der Waals surface area contributed by atoms with Crippen molar-refractivity contribution >= 4 is 5.91 Å². The average Bonchev–Trinajstić information content (AvgIpc) is 2.45. The highest BCUT2D eigenvalue weighted by molar-refractivity contribution is 5.77. The molecule has 0 aliphatic carbocycles. The minimum absolute atomic E-state index is 0.0385.